The van der Waals surface area contributed by atoms with Crippen molar-refractivity contribution in [3.8, 4) is 0 Å². The van der Waals surface area contributed by atoms with Crippen LogP contribution in [0.5, 0.6) is 0 Å². The van der Waals surface area contributed by atoms with Crippen LogP contribution in [0.2, 0.25) is 0 Å². The minimum absolute atomic E-state index is 0.126. The molecule has 0 saturated carbocycles. The molecule has 0 aliphatic carbocycles. The molecule has 0 aliphatic rings. The van der Waals surface area contributed by atoms with Crippen molar-refractivity contribution in [1.29, 1.82) is 0 Å². The van der Waals surface area contributed by atoms with E-state index in [9.17, 15) is 0 Å². The highest BCUT2D eigenvalue weighted by Gasteiger charge is 2.05. The van der Waals surface area contributed by atoms with E-state index in [1.165, 1.54) is 58.0 Å². The average Bonchev–Trinajstić information content (AvgIpc) is 2.35. The Hall–Kier alpha value is -0.0831. The Morgan fingerprint density at radius 2 is 1.71 bits per heavy atom. The maximum atomic E-state index is 2.72. The first-order valence-electron chi connectivity index (χ1n) is 7.68. The largest absolute Gasteiger partial charge is 0.325 e. The van der Waals surface area contributed by atoms with Crippen LogP contribution in [0.3, 0.4) is 0 Å². The highest BCUT2D eigenvalue weighted by molar-refractivity contribution is 6.42. The van der Waals surface area contributed by atoms with E-state index >= 15 is 0 Å². The zero-order valence-electron chi connectivity index (χ0n) is 12.6. The van der Waals surface area contributed by atoms with Crippen LogP contribution in [0.4, 0.5) is 0 Å². The summed E-state index contributed by atoms with van der Waals surface area (Å²) in [6, 6.07) is 0. The molecule has 0 bridgehead atoms. The lowest BCUT2D eigenvalue weighted by Crippen LogP contribution is -2.30. The number of rotatable bonds is 11. The van der Waals surface area contributed by atoms with E-state index in [1.807, 2.05) is 5.20 Å². The Labute approximate surface area is 112 Å². The van der Waals surface area contributed by atoms with Gasteiger partial charge in [0.2, 0.25) is 0 Å². The summed E-state index contributed by atoms with van der Waals surface area (Å²) in [7, 11) is -0.126. The summed E-state index contributed by atoms with van der Waals surface area (Å²) in [5.74, 6) is 0. The fraction of sp³-hybridized carbons (Fsp3) is 0.867. The van der Waals surface area contributed by atoms with Crippen LogP contribution in [-0.2, 0) is 0 Å². The molecule has 0 fully saturated rings. The van der Waals surface area contributed by atoms with E-state index in [2.05, 4.69) is 38.3 Å². The van der Waals surface area contributed by atoms with Crippen LogP contribution in [0.15, 0.2) is 11.3 Å². The monoisotopic (exact) mass is 255 g/mol. The third-order valence-corrected chi connectivity index (χ3v) is 5.51. The van der Waals surface area contributed by atoms with Gasteiger partial charge in [0, 0.05) is 0 Å². The fourth-order valence-corrected chi connectivity index (χ4v) is 4.13. The average molecular weight is 256 g/mol. The standard InChI is InChI=1S/C15H33NSi/c1-5-9-11-13-15(12-10-6-2)17-16(8-4)14-7-3/h13H,5-12,14,17H2,1-4H3. The van der Waals surface area contributed by atoms with E-state index in [4.69, 9.17) is 0 Å². The van der Waals surface area contributed by atoms with Crippen molar-refractivity contribution in [2.24, 2.45) is 0 Å². The first-order chi connectivity index (χ1) is 8.28. The zero-order chi connectivity index (χ0) is 12.9. The molecule has 0 atom stereocenters. The van der Waals surface area contributed by atoms with Gasteiger partial charge in [0.15, 0.2) is 0 Å². The lowest BCUT2D eigenvalue weighted by Gasteiger charge is -2.21. The van der Waals surface area contributed by atoms with Crippen molar-refractivity contribution < 1.29 is 0 Å². The Balaban J connectivity index is 4.18. The summed E-state index contributed by atoms with van der Waals surface area (Å²) in [4.78, 5) is 0. The van der Waals surface area contributed by atoms with Gasteiger partial charge in [0.05, 0.1) is 0 Å². The highest BCUT2D eigenvalue weighted by atomic mass is 28.2. The lowest BCUT2D eigenvalue weighted by molar-refractivity contribution is 0.466. The van der Waals surface area contributed by atoms with E-state index in [0.717, 1.165) is 0 Å². The molecule has 0 heterocycles. The summed E-state index contributed by atoms with van der Waals surface area (Å²) in [5.41, 5.74) is 0. The fourth-order valence-electron chi connectivity index (χ4n) is 2.11. The predicted molar refractivity (Wildman–Crippen MR) is 83.2 cm³/mol. The molecule has 102 valence electrons. The Bertz CT molecular complexity index is 189. The quantitative estimate of drug-likeness (QED) is 0.397. The normalized spacial score (nSPS) is 13.1. The molecule has 0 aromatic carbocycles. The highest BCUT2D eigenvalue weighted by Crippen LogP contribution is 2.10. The van der Waals surface area contributed by atoms with Crippen LogP contribution < -0.4 is 0 Å². The molecule has 0 aromatic rings. The Kier molecular flexibility index (Phi) is 12.3. The second-order valence-electron chi connectivity index (χ2n) is 4.98. The summed E-state index contributed by atoms with van der Waals surface area (Å²) in [6.07, 6.45) is 12.0. The van der Waals surface area contributed by atoms with Gasteiger partial charge in [-0.25, -0.2) is 0 Å². The van der Waals surface area contributed by atoms with Crippen LogP contribution in [0.25, 0.3) is 0 Å². The molecular weight excluding hydrogens is 222 g/mol. The number of nitrogens with zero attached hydrogens (tertiary/aromatic N) is 1. The van der Waals surface area contributed by atoms with E-state index in [1.54, 1.807) is 0 Å². The Morgan fingerprint density at radius 1 is 1.00 bits per heavy atom. The summed E-state index contributed by atoms with van der Waals surface area (Å²) < 4.78 is 2.72. The second-order valence-corrected chi connectivity index (χ2v) is 7.10. The summed E-state index contributed by atoms with van der Waals surface area (Å²) in [5, 5.41) is 1.82. The third kappa shape index (κ3) is 9.60. The van der Waals surface area contributed by atoms with Crippen molar-refractivity contribution >= 4 is 9.68 Å². The summed E-state index contributed by atoms with van der Waals surface area (Å²) in [6.45, 7) is 11.7. The van der Waals surface area contributed by atoms with Gasteiger partial charge in [-0.15, -0.1) is 0 Å². The molecular formula is C15H33NSi. The van der Waals surface area contributed by atoms with Gasteiger partial charge >= 0.3 is 0 Å². The summed E-state index contributed by atoms with van der Waals surface area (Å²) >= 11 is 0. The van der Waals surface area contributed by atoms with Gasteiger partial charge in [-0.2, -0.15) is 0 Å². The van der Waals surface area contributed by atoms with Crippen molar-refractivity contribution in [1.82, 2.24) is 4.57 Å². The van der Waals surface area contributed by atoms with Crippen LogP contribution >= 0.6 is 0 Å². The van der Waals surface area contributed by atoms with Crippen molar-refractivity contribution in [3.05, 3.63) is 11.3 Å². The predicted octanol–water partition coefficient (Wildman–Crippen LogP) is 4.07. The van der Waals surface area contributed by atoms with Gasteiger partial charge in [-0.05, 0) is 32.4 Å². The maximum absolute atomic E-state index is 2.72. The molecule has 0 saturated heterocycles. The number of allylic oxidation sites excluding steroid dienone is 2. The topological polar surface area (TPSA) is 3.24 Å². The van der Waals surface area contributed by atoms with Crippen molar-refractivity contribution in [3.63, 3.8) is 0 Å². The first-order valence-corrected chi connectivity index (χ1v) is 9.02. The van der Waals surface area contributed by atoms with Gasteiger partial charge in [0.25, 0.3) is 0 Å². The third-order valence-electron chi connectivity index (χ3n) is 3.26. The molecule has 0 amide bonds. The molecule has 0 radical (unpaired) electrons. The maximum Gasteiger partial charge on any atom is 0.122 e. The molecule has 0 spiro atoms. The van der Waals surface area contributed by atoms with E-state index in [0.29, 0.717) is 0 Å². The van der Waals surface area contributed by atoms with Crippen LogP contribution in [-0.4, -0.2) is 27.3 Å². The first kappa shape index (κ1) is 16.9. The van der Waals surface area contributed by atoms with Crippen LogP contribution in [0, 0.1) is 0 Å². The van der Waals surface area contributed by atoms with E-state index in [-0.39, 0.29) is 9.68 Å². The number of hydrogen-bond acceptors (Lipinski definition) is 1. The second kappa shape index (κ2) is 12.4. The molecule has 0 aromatic heterocycles. The zero-order valence-corrected chi connectivity index (χ0v) is 14.0. The minimum atomic E-state index is -0.126. The van der Waals surface area contributed by atoms with Gasteiger partial charge in [0.1, 0.15) is 9.68 Å². The van der Waals surface area contributed by atoms with Gasteiger partial charge < -0.3 is 4.57 Å². The minimum Gasteiger partial charge on any atom is -0.325 e. The van der Waals surface area contributed by atoms with Crippen LogP contribution in [0.1, 0.15) is 72.6 Å². The SMILES string of the molecule is CCCCC=C(CCCC)[SiH2]N(CC)CCC. The number of hydrogen-bond donors (Lipinski definition) is 0. The molecule has 2 heteroatoms. The van der Waals surface area contributed by atoms with Gasteiger partial charge in [-0.1, -0.05) is 64.7 Å². The Morgan fingerprint density at radius 3 is 2.24 bits per heavy atom. The molecule has 0 N–H and O–H groups in total. The lowest BCUT2D eigenvalue weighted by atomic mass is 10.2. The van der Waals surface area contributed by atoms with Crippen molar-refractivity contribution in [2.45, 2.75) is 72.6 Å². The molecule has 1 nitrogen and oxygen atoms in total. The smallest absolute Gasteiger partial charge is 0.122 e. The number of unbranched alkanes of at least 4 members (excludes halogenated alkanes) is 3. The molecule has 0 rings (SSSR count). The van der Waals surface area contributed by atoms with Gasteiger partial charge in [-0.3, -0.25) is 0 Å². The van der Waals surface area contributed by atoms with E-state index < -0.39 is 0 Å². The molecule has 0 aliphatic heterocycles. The molecule has 17 heavy (non-hydrogen) atoms. The van der Waals surface area contributed by atoms with Crippen molar-refractivity contribution in [2.75, 3.05) is 13.1 Å². The molecule has 0 unspecified atom stereocenters.